The summed E-state index contributed by atoms with van der Waals surface area (Å²) in [6.07, 6.45) is 3.92. The summed E-state index contributed by atoms with van der Waals surface area (Å²) < 4.78 is 5.68. The molecule has 1 aliphatic rings. The van der Waals surface area contributed by atoms with E-state index in [1.165, 1.54) is 24.0 Å². The third-order valence-electron chi connectivity index (χ3n) is 4.13. The van der Waals surface area contributed by atoms with E-state index in [9.17, 15) is 4.79 Å². The Balaban J connectivity index is 1.69. The van der Waals surface area contributed by atoms with Crippen molar-refractivity contribution in [2.75, 3.05) is 5.32 Å². The normalized spacial score (nSPS) is 14.7. The van der Waals surface area contributed by atoms with Crippen LogP contribution < -0.4 is 10.1 Å². The van der Waals surface area contributed by atoms with E-state index < -0.39 is 6.10 Å². The van der Waals surface area contributed by atoms with Gasteiger partial charge in [-0.15, -0.1) is 0 Å². The molecular formula is C19H20ClNO2. The standard InChI is InChI=1S/C19H20ClNO2/c1-13(23-16-9-5-8-15(20)12-16)19(22)21-18-11-4-7-14-6-2-3-10-17(14)18/h4-5,7-9,11-13H,2-3,6,10H2,1H3,(H,21,22). The van der Waals surface area contributed by atoms with Crippen LogP contribution in [-0.4, -0.2) is 12.0 Å². The van der Waals surface area contributed by atoms with Crippen molar-refractivity contribution in [3.8, 4) is 5.75 Å². The zero-order valence-electron chi connectivity index (χ0n) is 13.1. The first kappa shape index (κ1) is 15.9. The van der Waals surface area contributed by atoms with E-state index in [1.807, 2.05) is 12.1 Å². The molecule has 1 N–H and O–H groups in total. The molecule has 0 aromatic heterocycles. The molecule has 1 atom stereocenters. The molecule has 4 heteroatoms. The van der Waals surface area contributed by atoms with E-state index in [-0.39, 0.29) is 5.91 Å². The summed E-state index contributed by atoms with van der Waals surface area (Å²) >= 11 is 5.94. The maximum atomic E-state index is 12.4. The summed E-state index contributed by atoms with van der Waals surface area (Å²) in [7, 11) is 0. The van der Waals surface area contributed by atoms with Crippen LogP contribution in [0.15, 0.2) is 42.5 Å². The van der Waals surface area contributed by atoms with Crippen molar-refractivity contribution in [1.82, 2.24) is 0 Å². The molecule has 3 rings (SSSR count). The molecule has 0 saturated carbocycles. The van der Waals surface area contributed by atoms with Crippen LogP contribution >= 0.6 is 11.6 Å². The van der Waals surface area contributed by atoms with Crippen molar-refractivity contribution in [2.24, 2.45) is 0 Å². The highest BCUT2D eigenvalue weighted by atomic mass is 35.5. The summed E-state index contributed by atoms with van der Waals surface area (Å²) in [5.74, 6) is 0.444. The summed E-state index contributed by atoms with van der Waals surface area (Å²) in [6, 6.07) is 13.2. The number of benzene rings is 2. The number of anilines is 1. The van der Waals surface area contributed by atoms with E-state index in [2.05, 4.69) is 11.4 Å². The molecular weight excluding hydrogens is 310 g/mol. The van der Waals surface area contributed by atoms with E-state index in [0.29, 0.717) is 10.8 Å². The smallest absolute Gasteiger partial charge is 0.265 e. The molecule has 1 amide bonds. The Bertz CT molecular complexity index is 714. The number of ether oxygens (including phenoxy) is 1. The van der Waals surface area contributed by atoms with Crippen molar-refractivity contribution in [3.05, 3.63) is 58.6 Å². The monoisotopic (exact) mass is 329 g/mol. The molecule has 0 spiro atoms. The second kappa shape index (κ2) is 7.05. The number of amides is 1. The highest BCUT2D eigenvalue weighted by Crippen LogP contribution is 2.28. The van der Waals surface area contributed by atoms with Crippen LogP contribution in [-0.2, 0) is 17.6 Å². The lowest BCUT2D eigenvalue weighted by atomic mass is 9.90. The molecule has 1 aliphatic carbocycles. The minimum atomic E-state index is -0.590. The Kier molecular flexibility index (Phi) is 4.87. The van der Waals surface area contributed by atoms with Gasteiger partial charge in [-0.2, -0.15) is 0 Å². The molecule has 23 heavy (non-hydrogen) atoms. The Morgan fingerprint density at radius 2 is 1.96 bits per heavy atom. The average Bonchev–Trinajstić information content (AvgIpc) is 2.55. The summed E-state index contributed by atoms with van der Waals surface area (Å²) in [5.41, 5.74) is 3.52. The molecule has 120 valence electrons. The number of carbonyl (C=O) groups is 1. The fourth-order valence-corrected chi connectivity index (χ4v) is 3.11. The lowest BCUT2D eigenvalue weighted by molar-refractivity contribution is -0.122. The predicted molar refractivity (Wildman–Crippen MR) is 93.3 cm³/mol. The molecule has 0 radical (unpaired) electrons. The van der Waals surface area contributed by atoms with Crippen LogP contribution in [0.1, 0.15) is 30.9 Å². The van der Waals surface area contributed by atoms with E-state index in [1.54, 1.807) is 31.2 Å². The Labute approximate surface area is 141 Å². The first-order chi connectivity index (χ1) is 11.1. The highest BCUT2D eigenvalue weighted by Gasteiger charge is 2.18. The molecule has 1 unspecified atom stereocenters. The van der Waals surface area contributed by atoms with Crippen LogP contribution in [0.4, 0.5) is 5.69 Å². The van der Waals surface area contributed by atoms with Crippen molar-refractivity contribution in [3.63, 3.8) is 0 Å². The molecule has 0 aliphatic heterocycles. The first-order valence-electron chi connectivity index (χ1n) is 7.97. The van der Waals surface area contributed by atoms with Crippen molar-refractivity contribution >= 4 is 23.2 Å². The largest absolute Gasteiger partial charge is 0.481 e. The van der Waals surface area contributed by atoms with Gasteiger partial charge < -0.3 is 10.1 Å². The van der Waals surface area contributed by atoms with E-state index >= 15 is 0 Å². The predicted octanol–water partition coefficient (Wildman–Crippen LogP) is 4.62. The number of hydrogen-bond acceptors (Lipinski definition) is 2. The third kappa shape index (κ3) is 3.85. The van der Waals surface area contributed by atoms with E-state index in [4.69, 9.17) is 16.3 Å². The number of aryl methyl sites for hydroxylation is 1. The number of rotatable bonds is 4. The van der Waals surface area contributed by atoms with Crippen LogP contribution in [0.3, 0.4) is 0 Å². The number of hydrogen-bond donors (Lipinski definition) is 1. The van der Waals surface area contributed by atoms with Gasteiger partial charge in [0, 0.05) is 10.7 Å². The second-order valence-electron chi connectivity index (χ2n) is 5.86. The summed E-state index contributed by atoms with van der Waals surface area (Å²) in [4.78, 5) is 12.4. The summed E-state index contributed by atoms with van der Waals surface area (Å²) in [6.45, 7) is 1.74. The van der Waals surface area contributed by atoms with Gasteiger partial charge >= 0.3 is 0 Å². The highest BCUT2D eigenvalue weighted by molar-refractivity contribution is 6.30. The van der Waals surface area contributed by atoms with Crippen LogP contribution in [0.5, 0.6) is 5.75 Å². The molecule has 0 heterocycles. The first-order valence-corrected chi connectivity index (χ1v) is 8.35. The molecule has 0 saturated heterocycles. The second-order valence-corrected chi connectivity index (χ2v) is 6.29. The van der Waals surface area contributed by atoms with Gasteiger partial charge in [0.05, 0.1) is 0 Å². The average molecular weight is 330 g/mol. The van der Waals surface area contributed by atoms with Gasteiger partial charge in [-0.3, -0.25) is 4.79 Å². The Hall–Kier alpha value is -2.00. The maximum absolute atomic E-state index is 12.4. The molecule has 2 aromatic rings. The van der Waals surface area contributed by atoms with Gasteiger partial charge in [-0.05, 0) is 68.0 Å². The molecule has 3 nitrogen and oxygen atoms in total. The van der Waals surface area contributed by atoms with Crippen LogP contribution in [0.2, 0.25) is 5.02 Å². The molecule has 2 aromatic carbocycles. The van der Waals surface area contributed by atoms with E-state index in [0.717, 1.165) is 18.5 Å². The SMILES string of the molecule is CC(Oc1cccc(Cl)c1)C(=O)Nc1cccc2c1CCCC2. The van der Waals surface area contributed by atoms with Crippen LogP contribution in [0, 0.1) is 0 Å². The molecule has 0 bridgehead atoms. The fourth-order valence-electron chi connectivity index (χ4n) is 2.93. The third-order valence-corrected chi connectivity index (χ3v) is 4.37. The topological polar surface area (TPSA) is 38.3 Å². The Morgan fingerprint density at radius 1 is 1.17 bits per heavy atom. The van der Waals surface area contributed by atoms with Crippen molar-refractivity contribution in [1.29, 1.82) is 0 Å². The number of halogens is 1. The van der Waals surface area contributed by atoms with Gasteiger partial charge in [-0.25, -0.2) is 0 Å². The molecule has 0 fully saturated rings. The minimum absolute atomic E-state index is 0.149. The fraction of sp³-hybridized carbons (Fsp3) is 0.316. The maximum Gasteiger partial charge on any atom is 0.265 e. The van der Waals surface area contributed by atoms with Crippen molar-refractivity contribution in [2.45, 2.75) is 38.7 Å². The number of carbonyl (C=O) groups excluding carboxylic acids is 1. The quantitative estimate of drug-likeness (QED) is 0.888. The van der Waals surface area contributed by atoms with Gasteiger partial charge in [-0.1, -0.05) is 29.8 Å². The number of nitrogens with one attached hydrogen (secondary N) is 1. The Morgan fingerprint density at radius 3 is 2.78 bits per heavy atom. The minimum Gasteiger partial charge on any atom is -0.481 e. The van der Waals surface area contributed by atoms with Gasteiger partial charge in [0.1, 0.15) is 5.75 Å². The zero-order chi connectivity index (χ0) is 16.2. The lowest BCUT2D eigenvalue weighted by Crippen LogP contribution is -2.30. The number of fused-ring (bicyclic) bond motifs is 1. The lowest BCUT2D eigenvalue weighted by Gasteiger charge is -2.21. The van der Waals surface area contributed by atoms with Crippen molar-refractivity contribution < 1.29 is 9.53 Å². The van der Waals surface area contributed by atoms with Gasteiger partial charge in [0.25, 0.3) is 5.91 Å². The summed E-state index contributed by atoms with van der Waals surface area (Å²) in [5, 5.41) is 3.60. The van der Waals surface area contributed by atoms with Crippen LogP contribution in [0.25, 0.3) is 0 Å². The van der Waals surface area contributed by atoms with Gasteiger partial charge in [0.15, 0.2) is 6.10 Å². The van der Waals surface area contributed by atoms with Gasteiger partial charge in [0.2, 0.25) is 0 Å². The zero-order valence-corrected chi connectivity index (χ0v) is 13.9.